The minimum Gasteiger partial charge on any atom is -0.380 e. The Morgan fingerprint density at radius 2 is 1.24 bits per heavy atom. The monoisotopic (exact) mass is 574 g/mol. The molecule has 2 aromatic rings. The summed E-state index contributed by atoms with van der Waals surface area (Å²) < 4.78 is 40.7. The zero-order valence-corrected chi connectivity index (χ0v) is 25.1. The number of hydrogen-bond donors (Lipinski definition) is 0. The fourth-order valence-electron chi connectivity index (χ4n) is 5.44. The average molecular weight is 575 g/mol. The molecule has 2 heterocycles. The van der Waals surface area contributed by atoms with Crippen LogP contribution in [0, 0.1) is 0 Å². The lowest BCUT2D eigenvalue weighted by molar-refractivity contribution is -0.0168. The maximum absolute atomic E-state index is 6.23. The van der Waals surface area contributed by atoms with Gasteiger partial charge in [0.15, 0.2) is 0 Å². The van der Waals surface area contributed by atoms with E-state index in [4.69, 9.17) is 33.2 Å². The summed E-state index contributed by atoms with van der Waals surface area (Å²) in [5, 5.41) is 2.54. The molecule has 2 unspecified atom stereocenters. The van der Waals surface area contributed by atoms with Gasteiger partial charge >= 0.3 is 0 Å². The predicted molar refractivity (Wildman–Crippen MR) is 160 cm³/mol. The summed E-state index contributed by atoms with van der Waals surface area (Å²) in [6.45, 7) is 10.1. The van der Waals surface area contributed by atoms with E-state index >= 15 is 0 Å². The van der Waals surface area contributed by atoms with Crippen molar-refractivity contribution in [2.24, 2.45) is 0 Å². The first-order valence-corrected chi connectivity index (χ1v) is 15.2. The first-order valence-electron chi connectivity index (χ1n) is 15.2. The molecule has 0 N–H and O–H groups in total. The molecule has 0 radical (unpaired) electrons. The van der Waals surface area contributed by atoms with Gasteiger partial charge in [-0.2, -0.15) is 0 Å². The lowest BCUT2D eigenvalue weighted by atomic mass is 9.95. The van der Waals surface area contributed by atoms with Crippen LogP contribution in [0.5, 0.6) is 0 Å². The number of ether oxygens (including phenoxy) is 7. The van der Waals surface area contributed by atoms with Crippen molar-refractivity contribution in [3.05, 3.63) is 47.5 Å². The number of fused-ring (bicyclic) bond motifs is 4. The fourth-order valence-corrected chi connectivity index (χ4v) is 5.44. The van der Waals surface area contributed by atoms with Gasteiger partial charge in [0.1, 0.15) is 0 Å². The van der Waals surface area contributed by atoms with Crippen LogP contribution >= 0.6 is 0 Å². The highest BCUT2D eigenvalue weighted by molar-refractivity contribution is 5.84. The van der Waals surface area contributed by atoms with Crippen LogP contribution in [0.2, 0.25) is 0 Å². The van der Waals surface area contributed by atoms with Gasteiger partial charge in [0.25, 0.3) is 0 Å². The molecular weight excluding hydrogens is 524 g/mol. The Morgan fingerprint density at radius 3 is 1.83 bits per heavy atom. The molecule has 9 nitrogen and oxygen atoms in total. The van der Waals surface area contributed by atoms with Crippen molar-refractivity contribution in [1.82, 2.24) is 9.80 Å². The van der Waals surface area contributed by atoms with E-state index in [1.807, 2.05) is 0 Å². The predicted octanol–water partition coefficient (Wildman–Crippen LogP) is 3.71. The molecule has 41 heavy (non-hydrogen) atoms. The minimum atomic E-state index is 0.156. The van der Waals surface area contributed by atoms with Crippen LogP contribution in [0.15, 0.2) is 36.4 Å². The van der Waals surface area contributed by atoms with Crippen molar-refractivity contribution in [2.75, 3.05) is 120 Å². The van der Waals surface area contributed by atoms with Gasteiger partial charge in [-0.25, -0.2) is 0 Å². The first-order chi connectivity index (χ1) is 20.2. The molecule has 0 saturated carbocycles. The Balaban J connectivity index is 1.44. The highest BCUT2D eigenvalue weighted by Gasteiger charge is 2.38. The van der Waals surface area contributed by atoms with Crippen LogP contribution in [-0.2, 0) is 33.2 Å². The van der Waals surface area contributed by atoms with Crippen LogP contribution in [0.4, 0.5) is 0 Å². The lowest BCUT2D eigenvalue weighted by Gasteiger charge is -2.31. The highest BCUT2D eigenvalue weighted by atomic mass is 16.6. The summed E-state index contributed by atoms with van der Waals surface area (Å²) in [6.07, 6.45) is 2.02. The van der Waals surface area contributed by atoms with Crippen molar-refractivity contribution in [3.8, 4) is 0 Å². The van der Waals surface area contributed by atoms with E-state index in [-0.39, 0.29) is 12.1 Å². The molecule has 2 aliphatic rings. The molecule has 4 rings (SSSR count). The molecule has 2 atom stereocenters. The van der Waals surface area contributed by atoms with Crippen molar-refractivity contribution < 1.29 is 33.2 Å². The number of rotatable bonds is 7. The van der Waals surface area contributed by atoms with E-state index in [0.29, 0.717) is 79.3 Å². The third-order valence-corrected chi connectivity index (χ3v) is 7.55. The maximum atomic E-state index is 6.23. The van der Waals surface area contributed by atoms with Crippen LogP contribution < -0.4 is 0 Å². The van der Waals surface area contributed by atoms with E-state index in [1.54, 1.807) is 0 Å². The standard InChI is InChI=1S/C32H50N2O7/c1-33(2)9-12-35-11-5-8-31-29-24-27-6-3-4-7-28(27)25-30(29)32-26-41-23-22-40-21-20-39-19-18-38-17-16-37-15-14-36-13-10-34(31)32/h3-4,6-7,24-25,31-32H,5,8-23,26H2,1-2H3. The summed E-state index contributed by atoms with van der Waals surface area (Å²) in [4.78, 5) is 4.73. The first kappa shape index (κ1) is 32.3. The third-order valence-electron chi connectivity index (χ3n) is 7.55. The topological polar surface area (TPSA) is 71.1 Å². The molecule has 1 fully saturated rings. The summed E-state index contributed by atoms with van der Waals surface area (Å²) in [5.41, 5.74) is 2.76. The average Bonchev–Trinajstić information content (AvgIpc) is 3.25. The minimum absolute atomic E-state index is 0.156. The zero-order chi connectivity index (χ0) is 28.5. The van der Waals surface area contributed by atoms with Gasteiger partial charge in [-0.15, -0.1) is 0 Å². The second-order valence-electron chi connectivity index (χ2n) is 10.8. The molecule has 9 heteroatoms. The van der Waals surface area contributed by atoms with E-state index in [0.717, 1.165) is 39.1 Å². The second-order valence-corrected chi connectivity index (χ2v) is 10.8. The zero-order valence-electron chi connectivity index (χ0n) is 25.1. The number of likely N-dealkylation sites (N-methyl/N-ethyl adjacent to an activating group) is 1. The number of benzene rings is 2. The SMILES string of the molecule is CN(C)CCOCCCC1c2cc3ccccc3cc2C2COCCOCCOCCOCCOCCOCCN12. The smallest absolute Gasteiger partial charge is 0.0701 e. The molecule has 2 aliphatic heterocycles. The summed E-state index contributed by atoms with van der Waals surface area (Å²) in [5.74, 6) is 0. The quantitative estimate of drug-likeness (QED) is 0.461. The Labute approximate surface area is 245 Å². The van der Waals surface area contributed by atoms with Crippen molar-refractivity contribution in [1.29, 1.82) is 0 Å². The lowest BCUT2D eigenvalue weighted by Crippen LogP contribution is -2.33. The van der Waals surface area contributed by atoms with Crippen LogP contribution in [0.25, 0.3) is 10.8 Å². The summed E-state index contributed by atoms with van der Waals surface area (Å²) in [7, 11) is 4.15. The number of hydrogen-bond acceptors (Lipinski definition) is 9. The van der Waals surface area contributed by atoms with Gasteiger partial charge in [0.05, 0.1) is 91.9 Å². The van der Waals surface area contributed by atoms with E-state index < -0.39 is 0 Å². The normalized spacial score (nSPS) is 23.2. The largest absolute Gasteiger partial charge is 0.380 e. The van der Waals surface area contributed by atoms with Gasteiger partial charge in [-0.1, -0.05) is 24.3 Å². The van der Waals surface area contributed by atoms with E-state index in [9.17, 15) is 0 Å². The fraction of sp³-hybridized carbons (Fsp3) is 0.688. The van der Waals surface area contributed by atoms with Crippen molar-refractivity contribution >= 4 is 10.8 Å². The van der Waals surface area contributed by atoms with Crippen LogP contribution in [0.3, 0.4) is 0 Å². The molecule has 0 aliphatic carbocycles. The molecule has 0 aromatic heterocycles. The Hall–Kier alpha value is -1.66. The highest BCUT2D eigenvalue weighted by Crippen LogP contribution is 2.45. The van der Waals surface area contributed by atoms with E-state index in [2.05, 4.69) is 60.3 Å². The third kappa shape index (κ3) is 10.8. The molecule has 230 valence electrons. The molecule has 2 aromatic carbocycles. The Morgan fingerprint density at radius 1 is 0.707 bits per heavy atom. The van der Waals surface area contributed by atoms with Gasteiger partial charge in [0, 0.05) is 25.7 Å². The summed E-state index contributed by atoms with van der Waals surface area (Å²) >= 11 is 0. The summed E-state index contributed by atoms with van der Waals surface area (Å²) in [6, 6.07) is 13.8. The molecule has 0 bridgehead atoms. The number of nitrogens with zero attached hydrogens (tertiary/aromatic N) is 2. The van der Waals surface area contributed by atoms with Gasteiger partial charge in [-0.05, 0) is 61.0 Å². The van der Waals surface area contributed by atoms with Gasteiger partial charge in [-0.3, -0.25) is 4.90 Å². The van der Waals surface area contributed by atoms with E-state index in [1.165, 1.54) is 21.9 Å². The van der Waals surface area contributed by atoms with Gasteiger partial charge < -0.3 is 38.1 Å². The van der Waals surface area contributed by atoms with Crippen molar-refractivity contribution in [2.45, 2.75) is 24.9 Å². The maximum Gasteiger partial charge on any atom is 0.0701 e. The van der Waals surface area contributed by atoms with Crippen LogP contribution in [0.1, 0.15) is 36.1 Å². The molecular formula is C32H50N2O7. The molecule has 0 amide bonds. The second kappa shape index (κ2) is 18.8. The van der Waals surface area contributed by atoms with Crippen LogP contribution in [-0.4, -0.2) is 129 Å². The molecule has 1 saturated heterocycles. The Bertz CT molecular complexity index is 992. The Kier molecular flexibility index (Phi) is 14.8. The van der Waals surface area contributed by atoms with Crippen molar-refractivity contribution in [3.63, 3.8) is 0 Å². The molecule has 0 spiro atoms. The van der Waals surface area contributed by atoms with Gasteiger partial charge in [0.2, 0.25) is 0 Å².